The van der Waals surface area contributed by atoms with E-state index in [4.69, 9.17) is 5.11 Å². The second-order valence-corrected chi connectivity index (χ2v) is 8.38. The van der Waals surface area contributed by atoms with Gasteiger partial charge in [0.1, 0.15) is 6.04 Å². The highest BCUT2D eigenvalue weighted by atomic mass is 32.2. The first kappa shape index (κ1) is 19.4. The molecule has 0 saturated heterocycles. The van der Waals surface area contributed by atoms with Gasteiger partial charge in [-0.2, -0.15) is 0 Å². The zero-order valence-corrected chi connectivity index (χ0v) is 15.2. The number of nitrogens with one attached hydrogen (secondary N) is 2. The van der Waals surface area contributed by atoms with E-state index >= 15 is 0 Å². The molecule has 1 aromatic carbocycles. The van der Waals surface area contributed by atoms with Crippen LogP contribution in [0.4, 0.5) is 0 Å². The van der Waals surface area contributed by atoms with Gasteiger partial charge >= 0.3 is 5.97 Å². The van der Waals surface area contributed by atoms with Gasteiger partial charge in [0.25, 0.3) is 0 Å². The number of carbonyl (C=O) groups excluding carboxylic acids is 1. The standard InChI is InChI=1S/C17H24N2O5S/c1-11(2)16(17(21)22)18-15(20)10-5-12-3-8-14(9-4-12)25(23,24)19-13-6-7-13/h3-4,8-9,11,13,16,19H,5-7,10H2,1-2H3,(H,18,20)(H,21,22)/t16-/m0/s1. The Hall–Kier alpha value is -1.93. The van der Waals surface area contributed by atoms with Crippen LogP contribution in [-0.4, -0.2) is 37.5 Å². The summed E-state index contributed by atoms with van der Waals surface area (Å²) in [6.45, 7) is 3.46. The van der Waals surface area contributed by atoms with Gasteiger partial charge in [-0.3, -0.25) is 4.79 Å². The first-order chi connectivity index (χ1) is 11.7. The zero-order valence-electron chi connectivity index (χ0n) is 14.4. The van der Waals surface area contributed by atoms with E-state index in [1.54, 1.807) is 26.0 Å². The van der Waals surface area contributed by atoms with E-state index in [0.29, 0.717) is 6.42 Å². The molecule has 1 atom stereocenters. The molecule has 0 radical (unpaired) electrons. The molecule has 1 aliphatic rings. The lowest BCUT2D eigenvalue weighted by molar-refractivity contribution is -0.143. The summed E-state index contributed by atoms with van der Waals surface area (Å²) in [7, 11) is -3.47. The van der Waals surface area contributed by atoms with Crippen molar-refractivity contribution in [3.63, 3.8) is 0 Å². The smallest absolute Gasteiger partial charge is 0.326 e. The van der Waals surface area contributed by atoms with Crippen LogP contribution in [0.1, 0.15) is 38.7 Å². The first-order valence-electron chi connectivity index (χ1n) is 8.32. The van der Waals surface area contributed by atoms with E-state index in [1.807, 2.05) is 0 Å². The number of hydrogen-bond donors (Lipinski definition) is 3. The molecule has 0 unspecified atom stereocenters. The predicted molar refractivity (Wildman–Crippen MR) is 92.5 cm³/mol. The molecule has 3 N–H and O–H groups in total. The van der Waals surface area contributed by atoms with Crippen LogP contribution < -0.4 is 10.0 Å². The minimum absolute atomic E-state index is 0.0523. The fraction of sp³-hybridized carbons (Fsp3) is 0.529. The van der Waals surface area contributed by atoms with Gasteiger partial charge < -0.3 is 10.4 Å². The summed E-state index contributed by atoms with van der Waals surface area (Å²) < 4.78 is 26.8. The molecule has 0 spiro atoms. The first-order valence-corrected chi connectivity index (χ1v) is 9.81. The third-order valence-corrected chi connectivity index (χ3v) is 5.56. The summed E-state index contributed by atoms with van der Waals surface area (Å²) in [6, 6.07) is 5.53. The molecule has 1 saturated carbocycles. The van der Waals surface area contributed by atoms with Crippen LogP contribution in [0.5, 0.6) is 0 Å². The summed E-state index contributed by atoms with van der Waals surface area (Å²) in [5, 5.41) is 11.6. The highest BCUT2D eigenvalue weighted by molar-refractivity contribution is 7.89. The Morgan fingerprint density at radius 1 is 1.20 bits per heavy atom. The fourth-order valence-corrected chi connectivity index (χ4v) is 3.65. The monoisotopic (exact) mass is 368 g/mol. The van der Waals surface area contributed by atoms with Crippen molar-refractivity contribution in [3.05, 3.63) is 29.8 Å². The van der Waals surface area contributed by atoms with Crippen LogP contribution in [0.15, 0.2) is 29.2 Å². The van der Waals surface area contributed by atoms with Crippen molar-refractivity contribution in [1.82, 2.24) is 10.0 Å². The quantitative estimate of drug-likeness (QED) is 0.608. The summed E-state index contributed by atoms with van der Waals surface area (Å²) >= 11 is 0. The van der Waals surface area contributed by atoms with Crippen LogP contribution in [0.25, 0.3) is 0 Å². The molecule has 1 fully saturated rings. The molecule has 25 heavy (non-hydrogen) atoms. The predicted octanol–water partition coefficient (Wildman–Crippen LogP) is 1.29. The molecule has 0 heterocycles. The van der Waals surface area contributed by atoms with Gasteiger partial charge in [-0.1, -0.05) is 26.0 Å². The molecule has 0 aliphatic heterocycles. The van der Waals surface area contributed by atoms with Crippen molar-refractivity contribution in [2.75, 3.05) is 0 Å². The maximum atomic E-state index is 12.1. The number of carboxylic acids is 1. The second-order valence-electron chi connectivity index (χ2n) is 6.67. The number of amides is 1. The summed E-state index contributed by atoms with van der Waals surface area (Å²) in [5.41, 5.74) is 0.817. The lowest BCUT2D eigenvalue weighted by Crippen LogP contribution is -2.44. The molecule has 0 aromatic heterocycles. The van der Waals surface area contributed by atoms with Gasteiger partial charge in [-0.15, -0.1) is 0 Å². The summed E-state index contributed by atoms with van der Waals surface area (Å²) in [4.78, 5) is 23.2. The summed E-state index contributed by atoms with van der Waals surface area (Å²) in [6.07, 6.45) is 2.30. The van der Waals surface area contributed by atoms with Crippen molar-refractivity contribution >= 4 is 21.9 Å². The number of sulfonamides is 1. The van der Waals surface area contributed by atoms with Crippen molar-refractivity contribution in [1.29, 1.82) is 0 Å². The normalized spacial score (nSPS) is 15.8. The lowest BCUT2D eigenvalue weighted by Gasteiger charge is -2.17. The van der Waals surface area contributed by atoms with Crippen LogP contribution in [0, 0.1) is 5.92 Å². The SMILES string of the molecule is CC(C)[C@H](NC(=O)CCc1ccc(S(=O)(=O)NC2CC2)cc1)C(=O)O. The highest BCUT2D eigenvalue weighted by Crippen LogP contribution is 2.22. The molecule has 1 amide bonds. The Bertz CT molecular complexity index is 724. The molecule has 0 bridgehead atoms. The van der Waals surface area contributed by atoms with Crippen LogP contribution in [0.2, 0.25) is 0 Å². The Kier molecular flexibility index (Phi) is 6.18. The lowest BCUT2D eigenvalue weighted by atomic mass is 10.0. The average Bonchev–Trinajstić information content (AvgIpc) is 3.33. The molecule has 138 valence electrons. The largest absolute Gasteiger partial charge is 0.480 e. The molecule has 8 heteroatoms. The van der Waals surface area contributed by atoms with E-state index in [9.17, 15) is 18.0 Å². The summed E-state index contributed by atoms with van der Waals surface area (Å²) in [5.74, 6) is -1.60. The minimum atomic E-state index is -3.47. The number of rotatable bonds is 9. The Labute approximate surface area is 147 Å². The second kappa shape index (κ2) is 7.97. The number of hydrogen-bond acceptors (Lipinski definition) is 4. The maximum Gasteiger partial charge on any atom is 0.326 e. The molecular formula is C17H24N2O5S. The van der Waals surface area contributed by atoms with Gasteiger partial charge in [0, 0.05) is 12.5 Å². The Morgan fingerprint density at radius 3 is 2.28 bits per heavy atom. The van der Waals surface area contributed by atoms with Crippen LogP contribution in [-0.2, 0) is 26.0 Å². The highest BCUT2D eigenvalue weighted by Gasteiger charge is 2.28. The molecule has 2 rings (SSSR count). The molecule has 7 nitrogen and oxygen atoms in total. The van der Waals surface area contributed by atoms with Gasteiger partial charge in [-0.25, -0.2) is 17.9 Å². The number of aryl methyl sites for hydroxylation is 1. The maximum absolute atomic E-state index is 12.1. The number of aliphatic carboxylic acids is 1. The topological polar surface area (TPSA) is 113 Å². The van der Waals surface area contributed by atoms with Crippen molar-refractivity contribution in [2.24, 2.45) is 5.92 Å². The van der Waals surface area contributed by atoms with Gasteiger partial charge in [0.05, 0.1) is 4.90 Å². The Balaban J connectivity index is 1.88. The Morgan fingerprint density at radius 2 is 1.80 bits per heavy atom. The van der Waals surface area contributed by atoms with Crippen LogP contribution in [0.3, 0.4) is 0 Å². The molecule has 1 aliphatic carbocycles. The zero-order chi connectivity index (χ0) is 18.6. The number of carboxylic acid groups (broad SMARTS) is 1. The minimum Gasteiger partial charge on any atom is -0.480 e. The van der Waals surface area contributed by atoms with E-state index in [-0.39, 0.29) is 29.2 Å². The molecular weight excluding hydrogens is 344 g/mol. The number of benzene rings is 1. The van der Waals surface area contributed by atoms with E-state index in [2.05, 4.69) is 10.0 Å². The van der Waals surface area contributed by atoms with E-state index in [1.165, 1.54) is 12.1 Å². The molecule has 1 aromatic rings. The van der Waals surface area contributed by atoms with Gasteiger partial charge in [0.2, 0.25) is 15.9 Å². The van der Waals surface area contributed by atoms with E-state index in [0.717, 1.165) is 18.4 Å². The number of carbonyl (C=O) groups is 2. The fourth-order valence-electron chi connectivity index (χ4n) is 2.34. The van der Waals surface area contributed by atoms with Crippen molar-refractivity contribution in [2.45, 2.75) is 56.5 Å². The van der Waals surface area contributed by atoms with Gasteiger partial charge in [0.15, 0.2) is 0 Å². The van der Waals surface area contributed by atoms with Crippen molar-refractivity contribution < 1.29 is 23.1 Å². The van der Waals surface area contributed by atoms with Crippen molar-refractivity contribution in [3.8, 4) is 0 Å². The third-order valence-electron chi connectivity index (χ3n) is 4.02. The van der Waals surface area contributed by atoms with Crippen LogP contribution >= 0.6 is 0 Å². The average molecular weight is 368 g/mol. The third kappa shape index (κ3) is 5.82. The van der Waals surface area contributed by atoms with E-state index < -0.39 is 22.0 Å². The van der Waals surface area contributed by atoms with Gasteiger partial charge in [-0.05, 0) is 42.9 Å².